The van der Waals surface area contributed by atoms with Gasteiger partial charge in [-0.3, -0.25) is 4.79 Å². The summed E-state index contributed by atoms with van der Waals surface area (Å²) in [5.74, 6) is 1.35. The summed E-state index contributed by atoms with van der Waals surface area (Å²) in [5.41, 5.74) is 5.71. The minimum atomic E-state index is -0.593. The van der Waals surface area contributed by atoms with Crippen molar-refractivity contribution in [2.75, 3.05) is 19.7 Å². The summed E-state index contributed by atoms with van der Waals surface area (Å²) >= 11 is 5.05. The number of nitrogens with two attached hydrogens (primary N) is 1. The Bertz CT molecular complexity index is 564. The van der Waals surface area contributed by atoms with E-state index in [1.54, 1.807) is 4.90 Å². The Labute approximate surface area is 129 Å². The van der Waals surface area contributed by atoms with Gasteiger partial charge in [0.25, 0.3) is 5.91 Å². The van der Waals surface area contributed by atoms with Crippen LogP contribution in [-0.4, -0.2) is 41.6 Å². The predicted octanol–water partition coefficient (Wildman–Crippen LogP) is 1.35. The summed E-state index contributed by atoms with van der Waals surface area (Å²) in [5, 5.41) is 0. The molecule has 0 radical (unpaired) electrons. The van der Waals surface area contributed by atoms with Crippen molar-refractivity contribution in [1.82, 2.24) is 4.90 Å². The normalized spacial score (nSPS) is 24.5. The summed E-state index contributed by atoms with van der Waals surface area (Å²) in [6.07, 6.45) is 1.27. The first-order valence-electron chi connectivity index (χ1n) is 7.12. The molecule has 1 aromatic rings. The standard InChI is InChI=1S/C15H18N2O3S/c16-14(21)10-4-3-7-17(8-10)15(18)13-9-19-11-5-1-2-6-12(11)20-13/h1-2,5-6,10,13H,3-4,7-9H2,(H2,16,21). The summed E-state index contributed by atoms with van der Waals surface area (Å²) < 4.78 is 11.4. The fourth-order valence-corrected chi connectivity index (χ4v) is 2.95. The lowest BCUT2D eigenvalue weighted by Crippen LogP contribution is -2.51. The minimum absolute atomic E-state index is 0.0505. The third-order valence-corrected chi connectivity index (χ3v) is 4.25. The molecule has 2 heterocycles. The van der Waals surface area contributed by atoms with Gasteiger partial charge in [-0.05, 0) is 25.0 Å². The Morgan fingerprint density at radius 3 is 2.86 bits per heavy atom. The van der Waals surface area contributed by atoms with Crippen LogP contribution < -0.4 is 15.2 Å². The Kier molecular flexibility index (Phi) is 3.96. The number of carbonyl (C=O) groups is 1. The maximum Gasteiger partial charge on any atom is 0.267 e. The zero-order valence-corrected chi connectivity index (χ0v) is 12.5. The van der Waals surface area contributed by atoms with Crippen molar-refractivity contribution in [3.05, 3.63) is 24.3 Å². The number of para-hydroxylation sites is 2. The molecule has 2 N–H and O–H groups in total. The van der Waals surface area contributed by atoms with Gasteiger partial charge in [0.1, 0.15) is 6.61 Å². The Balaban J connectivity index is 1.67. The van der Waals surface area contributed by atoms with Crippen LogP contribution in [0, 0.1) is 5.92 Å². The molecule has 2 atom stereocenters. The molecule has 0 aromatic heterocycles. The largest absolute Gasteiger partial charge is 0.485 e. The molecule has 1 saturated heterocycles. The first-order chi connectivity index (χ1) is 10.1. The molecule has 1 amide bonds. The van der Waals surface area contributed by atoms with Gasteiger partial charge in [-0.15, -0.1) is 0 Å². The van der Waals surface area contributed by atoms with Gasteiger partial charge in [0.05, 0.1) is 4.99 Å². The topological polar surface area (TPSA) is 64.8 Å². The number of nitrogens with zero attached hydrogens (tertiary/aromatic N) is 1. The van der Waals surface area contributed by atoms with Crippen LogP contribution >= 0.6 is 12.2 Å². The van der Waals surface area contributed by atoms with E-state index in [2.05, 4.69) is 0 Å². The monoisotopic (exact) mass is 306 g/mol. The summed E-state index contributed by atoms with van der Waals surface area (Å²) in [6.45, 7) is 1.54. The van der Waals surface area contributed by atoms with Crippen molar-refractivity contribution < 1.29 is 14.3 Å². The smallest absolute Gasteiger partial charge is 0.267 e. The average molecular weight is 306 g/mol. The maximum atomic E-state index is 12.6. The number of hydrogen-bond donors (Lipinski definition) is 1. The number of fused-ring (bicyclic) bond motifs is 1. The third kappa shape index (κ3) is 2.95. The molecule has 6 heteroatoms. The quantitative estimate of drug-likeness (QED) is 0.836. The fraction of sp³-hybridized carbons (Fsp3) is 0.467. The molecule has 2 unspecified atom stereocenters. The number of piperidine rings is 1. The molecule has 3 rings (SSSR count). The highest BCUT2D eigenvalue weighted by Gasteiger charge is 2.33. The van der Waals surface area contributed by atoms with Crippen LogP contribution in [0.1, 0.15) is 12.8 Å². The molecule has 21 heavy (non-hydrogen) atoms. The molecular formula is C15H18N2O3S. The van der Waals surface area contributed by atoms with Crippen molar-refractivity contribution in [3.63, 3.8) is 0 Å². The van der Waals surface area contributed by atoms with Crippen LogP contribution in [-0.2, 0) is 4.79 Å². The second kappa shape index (κ2) is 5.89. The molecule has 112 valence electrons. The van der Waals surface area contributed by atoms with Crippen LogP contribution in [0.25, 0.3) is 0 Å². The number of thiocarbonyl (C=S) groups is 1. The second-order valence-corrected chi connectivity index (χ2v) is 5.86. The first kappa shape index (κ1) is 14.1. The van der Waals surface area contributed by atoms with Crippen LogP contribution in [0.4, 0.5) is 0 Å². The minimum Gasteiger partial charge on any atom is -0.485 e. The highest BCUT2D eigenvalue weighted by molar-refractivity contribution is 7.80. The number of carbonyl (C=O) groups excluding carboxylic acids is 1. The molecular weight excluding hydrogens is 288 g/mol. The number of likely N-dealkylation sites (tertiary alicyclic amines) is 1. The lowest BCUT2D eigenvalue weighted by atomic mass is 9.97. The molecule has 2 aliphatic heterocycles. The van der Waals surface area contributed by atoms with Crippen molar-refractivity contribution in [2.45, 2.75) is 18.9 Å². The zero-order valence-electron chi connectivity index (χ0n) is 11.7. The van der Waals surface area contributed by atoms with E-state index in [4.69, 9.17) is 27.4 Å². The van der Waals surface area contributed by atoms with E-state index in [1.165, 1.54) is 0 Å². The molecule has 0 saturated carbocycles. The number of benzene rings is 1. The Morgan fingerprint density at radius 2 is 2.10 bits per heavy atom. The lowest BCUT2D eigenvalue weighted by molar-refractivity contribution is -0.142. The lowest BCUT2D eigenvalue weighted by Gasteiger charge is -2.35. The fourth-order valence-electron chi connectivity index (χ4n) is 2.75. The highest BCUT2D eigenvalue weighted by atomic mass is 32.1. The molecule has 1 aromatic carbocycles. The van der Waals surface area contributed by atoms with Gasteiger partial charge in [0.15, 0.2) is 11.5 Å². The van der Waals surface area contributed by atoms with Gasteiger partial charge in [-0.2, -0.15) is 0 Å². The number of ether oxygens (including phenoxy) is 2. The Hall–Kier alpha value is -1.82. The number of amides is 1. The van der Waals surface area contributed by atoms with E-state index in [9.17, 15) is 4.79 Å². The molecule has 1 fully saturated rings. The third-order valence-electron chi connectivity index (χ3n) is 3.92. The second-order valence-electron chi connectivity index (χ2n) is 5.39. The van der Waals surface area contributed by atoms with E-state index >= 15 is 0 Å². The molecule has 0 aliphatic carbocycles. The Morgan fingerprint density at radius 1 is 1.33 bits per heavy atom. The van der Waals surface area contributed by atoms with Gasteiger partial charge in [0.2, 0.25) is 6.10 Å². The zero-order chi connectivity index (χ0) is 14.8. The van der Waals surface area contributed by atoms with E-state index in [-0.39, 0.29) is 18.4 Å². The SMILES string of the molecule is NC(=S)C1CCCN(C(=O)C2COc3ccccc3O2)C1. The van der Waals surface area contributed by atoms with Gasteiger partial charge < -0.3 is 20.1 Å². The first-order valence-corrected chi connectivity index (χ1v) is 7.52. The van der Waals surface area contributed by atoms with Crippen molar-refractivity contribution in [2.24, 2.45) is 11.7 Å². The van der Waals surface area contributed by atoms with Gasteiger partial charge in [-0.1, -0.05) is 24.4 Å². The van der Waals surface area contributed by atoms with Crippen LogP contribution in [0.3, 0.4) is 0 Å². The number of hydrogen-bond acceptors (Lipinski definition) is 4. The summed E-state index contributed by atoms with van der Waals surface area (Å²) in [6, 6.07) is 7.38. The van der Waals surface area contributed by atoms with Crippen molar-refractivity contribution >= 4 is 23.1 Å². The van der Waals surface area contributed by atoms with Gasteiger partial charge in [-0.25, -0.2) is 0 Å². The summed E-state index contributed by atoms with van der Waals surface area (Å²) in [7, 11) is 0. The molecule has 2 aliphatic rings. The average Bonchev–Trinajstić information content (AvgIpc) is 2.53. The van der Waals surface area contributed by atoms with E-state index in [0.29, 0.717) is 23.0 Å². The van der Waals surface area contributed by atoms with Crippen molar-refractivity contribution in [1.29, 1.82) is 0 Å². The predicted molar refractivity (Wildman–Crippen MR) is 82.4 cm³/mol. The maximum absolute atomic E-state index is 12.6. The van der Waals surface area contributed by atoms with E-state index < -0.39 is 6.10 Å². The van der Waals surface area contributed by atoms with Gasteiger partial charge >= 0.3 is 0 Å². The van der Waals surface area contributed by atoms with E-state index in [1.807, 2.05) is 24.3 Å². The van der Waals surface area contributed by atoms with Crippen LogP contribution in [0.15, 0.2) is 24.3 Å². The number of rotatable bonds is 2. The van der Waals surface area contributed by atoms with Crippen LogP contribution in [0.5, 0.6) is 11.5 Å². The van der Waals surface area contributed by atoms with Crippen molar-refractivity contribution in [3.8, 4) is 11.5 Å². The van der Waals surface area contributed by atoms with E-state index in [0.717, 1.165) is 19.4 Å². The molecule has 0 spiro atoms. The van der Waals surface area contributed by atoms with Crippen LogP contribution in [0.2, 0.25) is 0 Å². The molecule has 5 nitrogen and oxygen atoms in total. The summed E-state index contributed by atoms with van der Waals surface area (Å²) in [4.78, 5) is 14.8. The molecule has 0 bridgehead atoms. The van der Waals surface area contributed by atoms with Gasteiger partial charge in [0, 0.05) is 19.0 Å². The highest BCUT2D eigenvalue weighted by Crippen LogP contribution is 2.31.